The standard InChI is InChI=1S/C18H21Cl2N7O/c1-5-12-15(9(2)3)16-10(4)23-24-18(16)22-17(12)26-27(8-28)25-11-6-13(19)21-14(20)7-11/h6-9H,5H2,1-4H3,(H,21,25)(H2,22,23,24,26). The molecule has 0 bridgehead atoms. The van der Waals surface area contributed by atoms with Crippen molar-refractivity contribution in [2.75, 3.05) is 10.9 Å². The van der Waals surface area contributed by atoms with Gasteiger partial charge >= 0.3 is 0 Å². The van der Waals surface area contributed by atoms with Gasteiger partial charge in [-0.25, -0.2) is 9.97 Å². The number of rotatable bonds is 7. The van der Waals surface area contributed by atoms with E-state index >= 15 is 0 Å². The van der Waals surface area contributed by atoms with Crippen molar-refractivity contribution in [2.45, 2.75) is 40.0 Å². The van der Waals surface area contributed by atoms with Crippen LogP contribution in [-0.2, 0) is 11.2 Å². The molecule has 3 aromatic heterocycles. The average Bonchev–Trinajstić information content (AvgIpc) is 2.99. The number of aromatic amines is 1. The molecule has 0 saturated heterocycles. The number of halogens is 2. The summed E-state index contributed by atoms with van der Waals surface area (Å²) in [5.74, 6) is 0.820. The summed E-state index contributed by atoms with van der Waals surface area (Å²) in [6.07, 6.45) is 1.34. The van der Waals surface area contributed by atoms with Crippen LogP contribution in [-0.4, -0.2) is 31.7 Å². The first-order chi connectivity index (χ1) is 13.3. The third-order valence-electron chi connectivity index (χ3n) is 4.31. The van der Waals surface area contributed by atoms with Crippen molar-refractivity contribution < 1.29 is 4.79 Å². The fraction of sp³-hybridized carbons (Fsp3) is 0.333. The molecule has 10 heteroatoms. The van der Waals surface area contributed by atoms with Gasteiger partial charge in [-0.3, -0.25) is 20.7 Å². The Labute approximate surface area is 172 Å². The number of amides is 1. The number of fused-ring (bicyclic) bond motifs is 1. The molecule has 0 spiro atoms. The largest absolute Gasteiger partial charge is 0.277 e. The van der Waals surface area contributed by atoms with Crippen molar-refractivity contribution in [3.63, 3.8) is 0 Å². The molecular weight excluding hydrogens is 401 g/mol. The predicted octanol–water partition coefficient (Wildman–Crippen LogP) is 4.47. The molecule has 3 aromatic rings. The minimum absolute atomic E-state index is 0.213. The fourth-order valence-electron chi connectivity index (χ4n) is 3.23. The molecule has 3 N–H and O–H groups in total. The summed E-state index contributed by atoms with van der Waals surface area (Å²) in [6, 6.07) is 3.11. The van der Waals surface area contributed by atoms with Gasteiger partial charge in [-0.1, -0.05) is 44.0 Å². The van der Waals surface area contributed by atoms with Gasteiger partial charge in [0.25, 0.3) is 0 Å². The number of hydrogen-bond acceptors (Lipinski definition) is 6. The van der Waals surface area contributed by atoms with E-state index < -0.39 is 0 Å². The normalized spacial score (nSPS) is 11.1. The summed E-state index contributed by atoms with van der Waals surface area (Å²) < 4.78 is 0. The smallest absolute Gasteiger partial charge is 0.248 e. The summed E-state index contributed by atoms with van der Waals surface area (Å²) in [4.78, 5) is 20.2. The van der Waals surface area contributed by atoms with Gasteiger partial charge in [0.05, 0.1) is 11.4 Å². The van der Waals surface area contributed by atoms with Crippen LogP contribution in [0.4, 0.5) is 11.5 Å². The number of pyridine rings is 2. The van der Waals surface area contributed by atoms with Crippen molar-refractivity contribution in [2.24, 2.45) is 0 Å². The molecule has 0 aliphatic heterocycles. The van der Waals surface area contributed by atoms with E-state index in [0.29, 0.717) is 23.6 Å². The predicted molar refractivity (Wildman–Crippen MR) is 111 cm³/mol. The number of anilines is 2. The van der Waals surface area contributed by atoms with E-state index in [1.54, 1.807) is 12.1 Å². The maximum Gasteiger partial charge on any atom is 0.248 e. The second-order valence-corrected chi connectivity index (χ2v) is 7.37. The lowest BCUT2D eigenvalue weighted by molar-refractivity contribution is -0.116. The van der Waals surface area contributed by atoms with E-state index in [4.69, 9.17) is 23.2 Å². The second-order valence-electron chi connectivity index (χ2n) is 6.59. The highest BCUT2D eigenvalue weighted by atomic mass is 35.5. The zero-order chi connectivity index (χ0) is 20.4. The summed E-state index contributed by atoms with van der Waals surface area (Å²) in [5, 5.41) is 9.86. The van der Waals surface area contributed by atoms with Gasteiger partial charge in [-0.05, 0) is 24.8 Å². The maximum atomic E-state index is 11.6. The maximum absolute atomic E-state index is 11.6. The van der Waals surface area contributed by atoms with Gasteiger partial charge in [-0.2, -0.15) is 10.2 Å². The molecule has 0 atom stereocenters. The van der Waals surface area contributed by atoms with Gasteiger partial charge in [0.2, 0.25) is 6.41 Å². The molecule has 0 saturated carbocycles. The number of carbonyl (C=O) groups is 1. The molecule has 0 aliphatic rings. The first kappa shape index (κ1) is 20.2. The Morgan fingerprint density at radius 3 is 2.46 bits per heavy atom. The quantitative estimate of drug-likeness (QED) is 0.295. The first-order valence-corrected chi connectivity index (χ1v) is 9.58. The number of hydrazine groups is 2. The number of aryl methyl sites for hydroxylation is 1. The van der Waals surface area contributed by atoms with Crippen LogP contribution < -0.4 is 10.9 Å². The summed E-state index contributed by atoms with van der Waals surface area (Å²) in [6.45, 7) is 8.26. The minimum atomic E-state index is 0.213. The Morgan fingerprint density at radius 1 is 1.21 bits per heavy atom. The monoisotopic (exact) mass is 421 g/mol. The number of aromatic nitrogens is 4. The zero-order valence-corrected chi connectivity index (χ0v) is 17.5. The number of H-pyrrole nitrogens is 1. The summed E-state index contributed by atoms with van der Waals surface area (Å²) >= 11 is 11.8. The molecule has 8 nitrogen and oxygen atoms in total. The zero-order valence-electron chi connectivity index (χ0n) is 16.0. The van der Waals surface area contributed by atoms with Crippen LogP contribution in [0, 0.1) is 6.92 Å². The van der Waals surface area contributed by atoms with Crippen molar-refractivity contribution >= 4 is 52.2 Å². The van der Waals surface area contributed by atoms with Crippen LogP contribution in [0.15, 0.2) is 12.1 Å². The van der Waals surface area contributed by atoms with Crippen molar-refractivity contribution in [3.05, 3.63) is 39.3 Å². The number of carbonyl (C=O) groups excluding carboxylic acids is 1. The molecule has 3 heterocycles. The number of nitrogens with one attached hydrogen (secondary N) is 3. The first-order valence-electron chi connectivity index (χ1n) is 8.82. The van der Waals surface area contributed by atoms with Crippen LogP contribution in [0.2, 0.25) is 10.3 Å². The third kappa shape index (κ3) is 3.98. The van der Waals surface area contributed by atoms with Gasteiger partial charge in [0, 0.05) is 23.1 Å². The molecule has 28 heavy (non-hydrogen) atoms. The van der Waals surface area contributed by atoms with Crippen LogP contribution in [0.3, 0.4) is 0 Å². The fourth-order valence-corrected chi connectivity index (χ4v) is 3.69. The van der Waals surface area contributed by atoms with E-state index in [1.807, 2.05) is 6.92 Å². The highest BCUT2D eigenvalue weighted by Gasteiger charge is 2.20. The Kier molecular flexibility index (Phi) is 5.90. The lowest BCUT2D eigenvalue weighted by Gasteiger charge is -2.24. The number of nitrogens with zero attached hydrogens (tertiary/aromatic N) is 4. The van der Waals surface area contributed by atoms with Crippen LogP contribution in [0.1, 0.15) is 43.5 Å². The Hall–Kier alpha value is -2.58. The van der Waals surface area contributed by atoms with Crippen LogP contribution in [0.25, 0.3) is 11.0 Å². The molecular formula is C18H21Cl2N7O. The lowest BCUT2D eigenvalue weighted by atomic mass is 9.93. The van der Waals surface area contributed by atoms with Crippen molar-refractivity contribution in [1.82, 2.24) is 25.3 Å². The Bertz CT molecular complexity index is 999. The van der Waals surface area contributed by atoms with E-state index in [1.165, 1.54) is 0 Å². The van der Waals surface area contributed by atoms with E-state index in [0.717, 1.165) is 33.7 Å². The summed E-state index contributed by atoms with van der Waals surface area (Å²) in [5.41, 5.74) is 10.2. The molecule has 0 radical (unpaired) electrons. The molecule has 0 aliphatic carbocycles. The van der Waals surface area contributed by atoms with E-state index in [-0.39, 0.29) is 16.2 Å². The second kappa shape index (κ2) is 8.20. The Balaban J connectivity index is 2.01. The molecule has 0 unspecified atom stereocenters. The van der Waals surface area contributed by atoms with E-state index in [2.05, 4.69) is 51.8 Å². The third-order valence-corrected chi connectivity index (χ3v) is 4.69. The van der Waals surface area contributed by atoms with Gasteiger partial charge in [0.1, 0.15) is 10.3 Å². The SMILES string of the molecule is CCc1c(NN(C=O)Nc2cc(Cl)nc(Cl)c2)nc2[nH]nc(C)c2c1C(C)C. The molecule has 148 valence electrons. The topological polar surface area (TPSA) is 98.8 Å². The van der Waals surface area contributed by atoms with Gasteiger partial charge in [-0.15, -0.1) is 0 Å². The molecule has 0 aromatic carbocycles. The van der Waals surface area contributed by atoms with Gasteiger partial charge < -0.3 is 0 Å². The van der Waals surface area contributed by atoms with Gasteiger partial charge in [0.15, 0.2) is 11.5 Å². The van der Waals surface area contributed by atoms with Crippen LogP contribution >= 0.6 is 23.2 Å². The van der Waals surface area contributed by atoms with Crippen molar-refractivity contribution in [3.8, 4) is 0 Å². The van der Waals surface area contributed by atoms with E-state index in [9.17, 15) is 4.79 Å². The highest BCUT2D eigenvalue weighted by Crippen LogP contribution is 2.33. The highest BCUT2D eigenvalue weighted by molar-refractivity contribution is 6.32. The minimum Gasteiger partial charge on any atom is -0.277 e. The summed E-state index contributed by atoms with van der Waals surface area (Å²) in [7, 11) is 0. The Morgan fingerprint density at radius 2 is 1.89 bits per heavy atom. The number of hydrogen-bond donors (Lipinski definition) is 3. The van der Waals surface area contributed by atoms with Crippen LogP contribution in [0.5, 0.6) is 0 Å². The molecule has 1 amide bonds. The lowest BCUT2D eigenvalue weighted by Crippen LogP contribution is -2.35. The molecule has 3 rings (SSSR count). The average molecular weight is 422 g/mol. The molecule has 0 fully saturated rings. The van der Waals surface area contributed by atoms with Crippen molar-refractivity contribution in [1.29, 1.82) is 0 Å².